The lowest BCUT2D eigenvalue weighted by Gasteiger charge is -2.13. The summed E-state index contributed by atoms with van der Waals surface area (Å²) in [5.41, 5.74) is 3.59. The van der Waals surface area contributed by atoms with Crippen molar-refractivity contribution in [2.75, 3.05) is 5.32 Å². The lowest BCUT2D eigenvalue weighted by atomic mass is 10.1. The fourth-order valence-electron chi connectivity index (χ4n) is 3.52. The zero-order chi connectivity index (χ0) is 24.1. The van der Waals surface area contributed by atoms with Crippen molar-refractivity contribution in [3.05, 3.63) is 109 Å². The van der Waals surface area contributed by atoms with Crippen molar-refractivity contribution in [3.8, 4) is 11.8 Å². The third kappa shape index (κ3) is 5.66. The Hall–Kier alpha value is -3.15. The Kier molecular flexibility index (Phi) is 7.66. The van der Waals surface area contributed by atoms with E-state index in [2.05, 4.69) is 68.1 Å². The molecule has 1 amide bonds. The van der Waals surface area contributed by atoms with E-state index in [0.717, 1.165) is 30.1 Å². The van der Waals surface area contributed by atoms with Crippen LogP contribution in [0.2, 0.25) is 0 Å². The number of hydrogen-bond acceptors (Lipinski definition) is 3. The van der Waals surface area contributed by atoms with Gasteiger partial charge in [0, 0.05) is 5.69 Å². The first-order valence-electron chi connectivity index (χ1n) is 10.5. The number of aryl methyl sites for hydroxylation is 1. The highest BCUT2D eigenvalue weighted by Gasteiger charge is 2.13. The highest BCUT2D eigenvalue weighted by molar-refractivity contribution is 14.1. The van der Waals surface area contributed by atoms with Gasteiger partial charge >= 0.3 is 0 Å². The molecule has 0 atom stereocenters. The molecule has 4 aromatic rings. The Morgan fingerprint density at radius 2 is 1.82 bits per heavy atom. The number of amides is 1. The Morgan fingerprint density at radius 3 is 2.56 bits per heavy atom. The minimum absolute atomic E-state index is 0.0210. The standard InChI is InChI=1S/C28H20BrIN2O2/c1-18-9-11-23(12-10-18)32-28(33)22(16-31)13-19-14-25(29)27(26(30)15-19)34-17-21-7-4-6-20-5-2-3-8-24(20)21/h2-15H,17H2,1H3,(H,32,33)/b22-13+. The van der Waals surface area contributed by atoms with E-state index in [1.54, 1.807) is 6.08 Å². The lowest BCUT2D eigenvalue weighted by molar-refractivity contribution is -0.112. The van der Waals surface area contributed by atoms with E-state index in [1.807, 2.05) is 67.6 Å². The van der Waals surface area contributed by atoms with E-state index in [-0.39, 0.29) is 5.57 Å². The van der Waals surface area contributed by atoms with E-state index >= 15 is 0 Å². The molecule has 0 fully saturated rings. The molecule has 0 heterocycles. The topological polar surface area (TPSA) is 62.1 Å². The van der Waals surface area contributed by atoms with Crippen molar-refractivity contribution in [2.24, 2.45) is 0 Å². The molecule has 0 bridgehead atoms. The van der Waals surface area contributed by atoms with Gasteiger partial charge < -0.3 is 10.1 Å². The van der Waals surface area contributed by atoms with E-state index < -0.39 is 5.91 Å². The number of rotatable bonds is 6. The minimum atomic E-state index is -0.450. The van der Waals surface area contributed by atoms with Gasteiger partial charge in [0.1, 0.15) is 24.0 Å². The first-order valence-corrected chi connectivity index (χ1v) is 12.4. The van der Waals surface area contributed by atoms with Gasteiger partial charge in [-0.15, -0.1) is 0 Å². The Labute approximate surface area is 220 Å². The van der Waals surface area contributed by atoms with Crippen LogP contribution in [0.25, 0.3) is 16.8 Å². The van der Waals surface area contributed by atoms with Crippen LogP contribution in [0.4, 0.5) is 5.69 Å². The number of benzene rings is 4. The molecule has 0 radical (unpaired) electrons. The molecule has 4 aromatic carbocycles. The number of nitrogens with one attached hydrogen (secondary N) is 1. The summed E-state index contributed by atoms with van der Waals surface area (Å²) < 4.78 is 7.79. The van der Waals surface area contributed by atoms with E-state index in [4.69, 9.17) is 4.74 Å². The van der Waals surface area contributed by atoms with Crippen LogP contribution >= 0.6 is 38.5 Å². The highest BCUT2D eigenvalue weighted by atomic mass is 127. The summed E-state index contributed by atoms with van der Waals surface area (Å²) in [6, 6.07) is 27.6. The fourth-order valence-corrected chi connectivity index (χ4v) is 5.29. The molecule has 0 aliphatic rings. The van der Waals surface area contributed by atoms with E-state index in [0.29, 0.717) is 18.0 Å². The molecule has 168 valence electrons. The van der Waals surface area contributed by atoms with Gasteiger partial charge in [-0.1, -0.05) is 60.2 Å². The van der Waals surface area contributed by atoms with E-state index in [1.165, 1.54) is 5.39 Å². The zero-order valence-electron chi connectivity index (χ0n) is 18.3. The third-order valence-corrected chi connectivity index (χ3v) is 6.65. The molecule has 0 spiro atoms. The van der Waals surface area contributed by atoms with Gasteiger partial charge in [0.2, 0.25) is 0 Å². The number of carbonyl (C=O) groups is 1. The van der Waals surface area contributed by atoms with Crippen LogP contribution in [-0.2, 0) is 11.4 Å². The van der Waals surface area contributed by atoms with Crippen molar-refractivity contribution >= 4 is 67.0 Å². The molecule has 0 saturated carbocycles. The fraction of sp³-hybridized carbons (Fsp3) is 0.0714. The molecule has 0 aromatic heterocycles. The maximum atomic E-state index is 12.6. The Morgan fingerprint density at radius 1 is 1.09 bits per heavy atom. The summed E-state index contributed by atoms with van der Waals surface area (Å²) in [5.74, 6) is 0.266. The summed E-state index contributed by atoms with van der Waals surface area (Å²) in [7, 11) is 0. The summed E-state index contributed by atoms with van der Waals surface area (Å²) in [4.78, 5) is 12.6. The second-order valence-electron chi connectivity index (χ2n) is 7.73. The summed E-state index contributed by atoms with van der Waals surface area (Å²) >= 11 is 5.79. The van der Waals surface area contributed by atoms with Gasteiger partial charge in [-0.05, 0) is 97.7 Å². The number of halogens is 2. The van der Waals surface area contributed by atoms with Crippen molar-refractivity contribution in [2.45, 2.75) is 13.5 Å². The molecule has 0 unspecified atom stereocenters. The highest BCUT2D eigenvalue weighted by Crippen LogP contribution is 2.34. The van der Waals surface area contributed by atoms with Crippen molar-refractivity contribution in [1.82, 2.24) is 0 Å². The molecule has 34 heavy (non-hydrogen) atoms. The molecule has 6 heteroatoms. The molecule has 4 rings (SSSR count). The number of nitrogens with zero attached hydrogens (tertiary/aromatic N) is 1. The van der Waals surface area contributed by atoms with Crippen LogP contribution in [0.3, 0.4) is 0 Å². The first-order chi connectivity index (χ1) is 16.4. The zero-order valence-corrected chi connectivity index (χ0v) is 22.1. The summed E-state index contributed by atoms with van der Waals surface area (Å²) in [6.45, 7) is 2.40. The van der Waals surface area contributed by atoms with Crippen LogP contribution in [-0.4, -0.2) is 5.91 Å². The summed E-state index contributed by atoms with van der Waals surface area (Å²) in [5, 5.41) is 14.7. The molecule has 0 aliphatic heterocycles. The number of carbonyl (C=O) groups excluding carboxylic acids is 1. The number of anilines is 1. The number of nitriles is 1. The first kappa shape index (κ1) is 24.0. The smallest absolute Gasteiger partial charge is 0.266 e. The molecular weight excluding hydrogens is 603 g/mol. The van der Waals surface area contributed by atoms with Gasteiger partial charge in [0.25, 0.3) is 5.91 Å². The maximum Gasteiger partial charge on any atom is 0.266 e. The van der Waals surface area contributed by atoms with Gasteiger partial charge in [-0.3, -0.25) is 4.79 Å². The molecule has 0 aliphatic carbocycles. The Bertz CT molecular complexity index is 1410. The number of ether oxygens (including phenoxy) is 1. The van der Waals surface area contributed by atoms with Crippen molar-refractivity contribution in [3.63, 3.8) is 0 Å². The lowest BCUT2D eigenvalue weighted by Crippen LogP contribution is -2.13. The molecule has 1 N–H and O–H groups in total. The van der Waals surface area contributed by atoms with Crippen molar-refractivity contribution in [1.29, 1.82) is 5.26 Å². The van der Waals surface area contributed by atoms with Crippen LogP contribution in [0.1, 0.15) is 16.7 Å². The normalized spacial score (nSPS) is 11.2. The number of hydrogen-bond donors (Lipinski definition) is 1. The summed E-state index contributed by atoms with van der Waals surface area (Å²) in [6.07, 6.45) is 1.57. The van der Waals surface area contributed by atoms with Gasteiger partial charge in [-0.25, -0.2) is 0 Å². The van der Waals surface area contributed by atoms with E-state index in [9.17, 15) is 10.1 Å². The van der Waals surface area contributed by atoms with Gasteiger partial charge in [0.05, 0.1) is 8.04 Å². The van der Waals surface area contributed by atoms with Crippen LogP contribution in [0, 0.1) is 21.8 Å². The van der Waals surface area contributed by atoms with Crippen LogP contribution < -0.4 is 10.1 Å². The largest absolute Gasteiger partial charge is 0.487 e. The average molecular weight is 623 g/mol. The predicted molar refractivity (Wildman–Crippen MR) is 149 cm³/mol. The van der Waals surface area contributed by atoms with Crippen molar-refractivity contribution < 1.29 is 9.53 Å². The maximum absolute atomic E-state index is 12.6. The average Bonchev–Trinajstić information content (AvgIpc) is 2.83. The molecular formula is C28H20BrIN2O2. The number of fused-ring (bicyclic) bond motifs is 1. The monoisotopic (exact) mass is 622 g/mol. The molecule has 0 saturated heterocycles. The third-order valence-electron chi connectivity index (χ3n) is 5.26. The minimum Gasteiger partial charge on any atom is -0.487 e. The van der Waals surface area contributed by atoms with Crippen LogP contribution in [0.5, 0.6) is 5.75 Å². The van der Waals surface area contributed by atoms with Crippen LogP contribution in [0.15, 0.2) is 88.9 Å². The quantitative estimate of drug-likeness (QED) is 0.137. The predicted octanol–water partition coefficient (Wildman–Crippen LogP) is 7.64. The Balaban J connectivity index is 1.53. The second kappa shape index (κ2) is 10.9. The molecule has 4 nitrogen and oxygen atoms in total. The van der Waals surface area contributed by atoms with Gasteiger partial charge in [0.15, 0.2) is 0 Å². The second-order valence-corrected chi connectivity index (χ2v) is 9.75. The SMILES string of the molecule is Cc1ccc(NC(=O)/C(C#N)=C/c2cc(Br)c(OCc3cccc4ccccc34)c(I)c2)cc1. The van der Waals surface area contributed by atoms with Gasteiger partial charge in [-0.2, -0.15) is 5.26 Å².